The molecular formula is C13H22O7. The number of hydrogen-bond acceptors (Lipinski definition) is 7. The summed E-state index contributed by atoms with van der Waals surface area (Å²) in [4.78, 5) is 32.7. The lowest BCUT2D eigenvalue weighted by Crippen LogP contribution is -2.36. The summed E-state index contributed by atoms with van der Waals surface area (Å²) in [7, 11) is 0. The molecule has 0 rings (SSSR count). The molecule has 0 unspecified atom stereocenters. The Morgan fingerprint density at radius 3 is 1.65 bits per heavy atom. The van der Waals surface area contributed by atoms with Crippen LogP contribution in [0.3, 0.4) is 0 Å². The summed E-state index contributed by atoms with van der Waals surface area (Å²) in [5.74, 6) is -1.37. The second-order valence-electron chi connectivity index (χ2n) is 4.62. The van der Waals surface area contributed by atoms with Crippen molar-refractivity contribution in [3.05, 3.63) is 0 Å². The fraction of sp³-hybridized carbons (Fsp3) is 0.769. The zero-order valence-corrected chi connectivity index (χ0v) is 12.1. The fourth-order valence-corrected chi connectivity index (χ4v) is 1.61. The van der Waals surface area contributed by atoms with E-state index in [0.717, 1.165) is 0 Å². The predicted octanol–water partition coefficient (Wildman–Crippen LogP) is 0.435. The van der Waals surface area contributed by atoms with E-state index < -0.39 is 23.3 Å². The molecule has 0 bridgehead atoms. The lowest BCUT2D eigenvalue weighted by Gasteiger charge is -2.31. The lowest BCUT2D eigenvalue weighted by molar-refractivity contribution is -0.155. The molecule has 0 fully saturated rings. The van der Waals surface area contributed by atoms with Gasteiger partial charge in [0.2, 0.25) is 0 Å². The highest BCUT2D eigenvalue weighted by atomic mass is 16.5. The second kappa shape index (κ2) is 9.30. The predicted molar refractivity (Wildman–Crippen MR) is 68.7 cm³/mol. The molecule has 0 atom stereocenters. The molecule has 1 N–H and O–H groups in total. The quantitative estimate of drug-likeness (QED) is 0.485. The zero-order valence-electron chi connectivity index (χ0n) is 12.1. The molecule has 0 aromatic carbocycles. The van der Waals surface area contributed by atoms with Crippen LogP contribution in [0.1, 0.15) is 33.6 Å². The van der Waals surface area contributed by atoms with Crippen molar-refractivity contribution in [2.45, 2.75) is 33.6 Å². The van der Waals surface area contributed by atoms with Gasteiger partial charge in [0.1, 0.15) is 13.2 Å². The Morgan fingerprint density at radius 2 is 1.30 bits per heavy atom. The first-order chi connectivity index (χ1) is 9.31. The summed E-state index contributed by atoms with van der Waals surface area (Å²) in [6.45, 7) is 3.71. The number of carbonyl (C=O) groups is 3. The van der Waals surface area contributed by atoms with Crippen LogP contribution in [0.5, 0.6) is 0 Å². The standard InChI is InChI=1S/C13H22O7/c1-10(15)18-7-5-13(4-6-14,8-19-11(2)16)9-20-12(3)17/h14H,4-9H2,1-3H3. The van der Waals surface area contributed by atoms with Crippen molar-refractivity contribution in [2.24, 2.45) is 5.41 Å². The summed E-state index contributed by atoms with van der Waals surface area (Å²) in [5, 5.41) is 9.15. The monoisotopic (exact) mass is 290 g/mol. The lowest BCUT2D eigenvalue weighted by atomic mass is 9.83. The molecule has 116 valence electrons. The average molecular weight is 290 g/mol. The van der Waals surface area contributed by atoms with E-state index in [1.165, 1.54) is 20.8 Å². The van der Waals surface area contributed by atoms with Gasteiger partial charge in [-0.3, -0.25) is 14.4 Å². The molecule has 0 aliphatic heterocycles. The van der Waals surface area contributed by atoms with Crippen molar-refractivity contribution in [1.29, 1.82) is 0 Å². The fourth-order valence-electron chi connectivity index (χ4n) is 1.61. The molecule has 0 aliphatic carbocycles. The van der Waals surface area contributed by atoms with Crippen LogP contribution in [-0.2, 0) is 28.6 Å². The van der Waals surface area contributed by atoms with Crippen LogP contribution < -0.4 is 0 Å². The van der Waals surface area contributed by atoms with Gasteiger partial charge in [0, 0.05) is 32.8 Å². The number of rotatable bonds is 9. The van der Waals surface area contributed by atoms with Gasteiger partial charge in [-0.25, -0.2) is 0 Å². The van der Waals surface area contributed by atoms with Crippen LogP contribution in [0.2, 0.25) is 0 Å². The summed E-state index contributed by atoms with van der Waals surface area (Å²) in [5.41, 5.74) is -0.762. The first kappa shape index (κ1) is 18.4. The number of hydrogen-bond donors (Lipinski definition) is 1. The van der Waals surface area contributed by atoms with E-state index in [0.29, 0.717) is 6.42 Å². The number of aliphatic hydroxyl groups is 1. The van der Waals surface area contributed by atoms with Crippen molar-refractivity contribution in [3.8, 4) is 0 Å². The second-order valence-corrected chi connectivity index (χ2v) is 4.62. The minimum Gasteiger partial charge on any atom is -0.466 e. The van der Waals surface area contributed by atoms with E-state index in [2.05, 4.69) is 0 Å². The van der Waals surface area contributed by atoms with Gasteiger partial charge < -0.3 is 19.3 Å². The van der Waals surface area contributed by atoms with Gasteiger partial charge in [-0.2, -0.15) is 0 Å². The molecule has 0 aromatic rings. The third-order valence-corrected chi connectivity index (χ3v) is 2.74. The smallest absolute Gasteiger partial charge is 0.302 e. The summed E-state index contributed by atoms with van der Waals surface area (Å²) in [6.07, 6.45) is 0.572. The Balaban J connectivity index is 4.73. The SMILES string of the molecule is CC(=O)OCCC(CCO)(COC(C)=O)COC(C)=O. The molecule has 0 aromatic heterocycles. The molecule has 0 aliphatic rings. The first-order valence-electron chi connectivity index (χ1n) is 6.32. The highest BCUT2D eigenvalue weighted by Crippen LogP contribution is 2.28. The third-order valence-electron chi connectivity index (χ3n) is 2.74. The highest BCUT2D eigenvalue weighted by Gasteiger charge is 2.33. The number of ether oxygens (including phenoxy) is 3. The van der Waals surface area contributed by atoms with Crippen molar-refractivity contribution >= 4 is 17.9 Å². The maximum Gasteiger partial charge on any atom is 0.302 e. The van der Waals surface area contributed by atoms with Crippen LogP contribution >= 0.6 is 0 Å². The van der Waals surface area contributed by atoms with Gasteiger partial charge in [0.25, 0.3) is 0 Å². The number of aliphatic hydroxyl groups excluding tert-OH is 1. The maximum absolute atomic E-state index is 10.9. The zero-order chi connectivity index (χ0) is 15.6. The Labute approximate surface area is 118 Å². The average Bonchev–Trinajstić information content (AvgIpc) is 2.33. The Bertz CT molecular complexity index is 320. The molecule has 0 heterocycles. The van der Waals surface area contributed by atoms with Crippen molar-refractivity contribution in [3.63, 3.8) is 0 Å². The van der Waals surface area contributed by atoms with Crippen LogP contribution in [0.25, 0.3) is 0 Å². The molecule has 0 spiro atoms. The molecule has 7 heteroatoms. The summed E-state index contributed by atoms with van der Waals surface area (Å²) >= 11 is 0. The highest BCUT2D eigenvalue weighted by molar-refractivity contribution is 5.66. The minimum absolute atomic E-state index is 0.0164. The van der Waals surface area contributed by atoms with Crippen LogP contribution in [0.15, 0.2) is 0 Å². The number of carbonyl (C=O) groups excluding carboxylic acids is 3. The Hall–Kier alpha value is -1.63. The van der Waals surface area contributed by atoms with Crippen molar-refractivity contribution < 1.29 is 33.7 Å². The van der Waals surface area contributed by atoms with E-state index in [1.54, 1.807) is 0 Å². The molecule has 20 heavy (non-hydrogen) atoms. The number of esters is 3. The van der Waals surface area contributed by atoms with Gasteiger partial charge in [0.05, 0.1) is 6.61 Å². The molecule has 0 saturated carbocycles. The molecule has 0 saturated heterocycles. The maximum atomic E-state index is 10.9. The summed E-state index contributed by atoms with van der Waals surface area (Å²) < 4.78 is 14.8. The van der Waals surface area contributed by atoms with Crippen LogP contribution in [0.4, 0.5) is 0 Å². The van der Waals surface area contributed by atoms with Gasteiger partial charge in [-0.1, -0.05) is 0 Å². The normalized spacial score (nSPS) is 10.8. The van der Waals surface area contributed by atoms with Crippen molar-refractivity contribution in [1.82, 2.24) is 0 Å². The minimum atomic E-state index is -0.762. The van der Waals surface area contributed by atoms with E-state index >= 15 is 0 Å². The largest absolute Gasteiger partial charge is 0.466 e. The van der Waals surface area contributed by atoms with Gasteiger partial charge in [-0.15, -0.1) is 0 Å². The summed E-state index contributed by atoms with van der Waals surface area (Å²) in [6, 6.07) is 0. The molecule has 0 amide bonds. The van der Waals surface area contributed by atoms with E-state index in [9.17, 15) is 14.4 Å². The Morgan fingerprint density at radius 1 is 0.850 bits per heavy atom. The Kier molecular flexibility index (Phi) is 8.54. The van der Waals surface area contributed by atoms with Gasteiger partial charge in [-0.05, 0) is 12.8 Å². The molecular weight excluding hydrogens is 268 g/mol. The molecule has 7 nitrogen and oxygen atoms in total. The first-order valence-corrected chi connectivity index (χ1v) is 6.32. The van der Waals surface area contributed by atoms with E-state index in [1.807, 2.05) is 0 Å². The van der Waals surface area contributed by atoms with Crippen LogP contribution in [-0.4, -0.2) is 49.4 Å². The van der Waals surface area contributed by atoms with E-state index in [-0.39, 0.29) is 32.8 Å². The van der Waals surface area contributed by atoms with Crippen molar-refractivity contribution in [2.75, 3.05) is 26.4 Å². The van der Waals surface area contributed by atoms with Crippen LogP contribution in [0, 0.1) is 5.41 Å². The topological polar surface area (TPSA) is 99.1 Å². The third kappa shape index (κ3) is 8.47. The van der Waals surface area contributed by atoms with Gasteiger partial charge >= 0.3 is 17.9 Å². The molecule has 0 radical (unpaired) electrons. The van der Waals surface area contributed by atoms with Gasteiger partial charge in [0.15, 0.2) is 0 Å². The van der Waals surface area contributed by atoms with E-state index in [4.69, 9.17) is 19.3 Å².